The Balaban J connectivity index is 2.30. The number of nitrogens with one attached hydrogen (secondary N) is 1. The molecule has 112 valence electrons. The molecular weight excluding hydrogens is 281 g/mol. The highest BCUT2D eigenvalue weighted by molar-refractivity contribution is 5.93. The summed E-state index contributed by atoms with van der Waals surface area (Å²) in [5.74, 6) is -2.47. The molecule has 0 unspecified atom stereocenters. The normalized spacial score (nSPS) is 38.0. The van der Waals surface area contributed by atoms with Gasteiger partial charge in [-0.25, -0.2) is 8.78 Å². The van der Waals surface area contributed by atoms with Gasteiger partial charge in [0.25, 0.3) is 5.91 Å². The topological polar surface area (TPSA) is 82.0 Å². The van der Waals surface area contributed by atoms with Gasteiger partial charge in [-0.3, -0.25) is 4.79 Å². The van der Waals surface area contributed by atoms with Crippen LogP contribution in [0.1, 0.15) is 0 Å². The Morgan fingerprint density at radius 3 is 2.75 bits per heavy atom. The first-order valence-corrected chi connectivity index (χ1v) is 5.69. The van der Waals surface area contributed by atoms with E-state index in [1.807, 2.05) is 5.32 Å². The van der Waals surface area contributed by atoms with Crippen LogP contribution in [0.4, 0.5) is 13.2 Å². The van der Waals surface area contributed by atoms with Crippen molar-refractivity contribution in [3.63, 3.8) is 0 Å². The molecule has 1 saturated heterocycles. The fourth-order valence-corrected chi connectivity index (χ4v) is 2.06. The molecule has 20 heavy (non-hydrogen) atoms. The minimum Gasteiger partial charge on any atom is -0.393 e. The third kappa shape index (κ3) is 2.07. The Morgan fingerprint density at radius 2 is 2.25 bits per heavy atom. The maximum absolute atomic E-state index is 14.0. The van der Waals surface area contributed by atoms with Crippen LogP contribution in [0.2, 0.25) is 0 Å². The number of carbonyl (C=O) groups excluding carboxylic acids is 1. The zero-order chi connectivity index (χ0) is 15.1. The molecule has 6 nitrogen and oxygen atoms in total. The third-order valence-corrected chi connectivity index (χ3v) is 3.28. The van der Waals surface area contributed by atoms with Crippen molar-refractivity contribution in [3.8, 4) is 0 Å². The van der Waals surface area contributed by atoms with Crippen LogP contribution >= 0.6 is 0 Å². The zero-order valence-corrected chi connectivity index (χ0v) is 10.2. The molecule has 0 aliphatic carbocycles. The van der Waals surface area contributed by atoms with Crippen LogP contribution in [0, 0.1) is 0 Å². The Hall–Kier alpha value is -1.58. The molecule has 4 atom stereocenters. The number of aliphatic hydroxyl groups is 2. The standard InChI is InChI=1S/C11H13F3N2O4/c1-5-15-9(19)6(13)2-16(5)10-7(14)8(18)11(3-12,4-17)20-10/h2,7-8,10,17-18H,1,3-4H2,(H,15,19)/t7-,8+,10-,11-/m1/s1. The molecule has 2 aliphatic heterocycles. The molecule has 9 heteroatoms. The highest BCUT2D eigenvalue weighted by atomic mass is 19.1. The number of nitrogens with zero attached hydrogens (tertiary/aromatic N) is 1. The summed E-state index contributed by atoms with van der Waals surface area (Å²) in [6.07, 6.45) is -5.05. The van der Waals surface area contributed by atoms with Crippen molar-refractivity contribution in [1.82, 2.24) is 10.2 Å². The number of rotatable bonds is 3. The first-order chi connectivity index (χ1) is 9.36. The molecule has 3 N–H and O–H groups in total. The van der Waals surface area contributed by atoms with Crippen LogP contribution in [0.25, 0.3) is 0 Å². The molecule has 1 amide bonds. The first kappa shape index (κ1) is 14.8. The third-order valence-electron chi connectivity index (χ3n) is 3.28. The monoisotopic (exact) mass is 294 g/mol. The second-order valence-electron chi connectivity index (χ2n) is 4.54. The molecule has 0 saturated carbocycles. The maximum atomic E-state index is 14.0. The van der Waals surface area contributed by atoms with Gasteiger partial charge in [0, 0.05) is 6.20 Å². The summed E-state index contributed by atoms with van der Waals surface area (Å²) >= 11 is 0. The van der Waals surface area contributed by atoms with Crippen LogP contribution in [-0.4, -0.2) is 58.4 Å². The van der Waals surface area contributed by atoms with Crippen molar-refractivity contribution in [1.29, 1.82) is 0 Å². The molecule has 2 aliphatic rings. The smallest absolute Gasteiger partial charge is 0.287 e. The largest absolute Gasteiger partial charge is 0.393 e. The molecule has 0 aromatic heterocycles. The minimum absolute atomic E-state index is 0.191. The van der Waals surface area contributed by atoms with Crippen LogP contribution in [-0.2, 0) is 9.53 Å². The van der Waals surface area contributed by atoms with Crippen molar-refractivity contribution in [3.05, 3.63) is 24.4 Å². The Morgan fingerprint density at radius 1 is 1.60 bits per heavy atom. The predicted molar refractivity (Wildman–Crippen MR) is 59.9 cm³/mol. The fraction of sp³-hybridized carbons (Fsp3) is 0.545. The lowest BCUT2D eigenvalue weighted by atomic mass is 9.98. The van der Waals surface area contributed by atoms with E-state index in [9.17, 15) is 23.1 Å². The van der Waals surface area contributed by atoms with Gasteiger partial charge in [-0.1, -0.05) is 6.58 Å². The number of amides is 1. The summed E-state index contributed by atoms with van der Waals surface area (Å²) in [7, 11) is 0. The summed E-state index contributed by atoms with van der Waals surface area (Å²) in [5.41, 5.74) is -2.13. The average Bonchev–Trinajstić information content (AvgIpc) is 2.68. The Labute approximate surface area is 112 Å². The highest BCUT2D eigenvalue weighted by Gasteiger charge is 2.57. The lowest BCUT2D eigenvalue weighted by Crippen LogP contribution is -2.47. The maximum Gasteiger partial charge on any atom is 0.287 e. The summed E-state index contributed by atoms with van der Waals surface area (Å²) in [6, 6.07) is 0. The van der Waals surface area contributed by atoms with Crippen molar-refractivity contribution in [2.75, 3.05) is 13.3 Å². The van der Waals surface area contributed by atoms with Gasteiger partial charge in [-0.2, -0.15) is 4.39 Å². The minimum atomic E-state index is -2.13. The van der Waals surface area contributed by atoms with E-state index in [0.717, 1.165) is 4.90 Å². The van der Waals surface area contributed by atoms with Crippen LogP contribution < -0.4 is 5.32 Å². The quantitative estimate of drug-likeness (QED) is 0.651. The van der Waals surface area contributed by atoms with Crippen molar-refractivity contribution < 1.29 is 32.9 Å². The van der Waals surface area contributed by atoms with Gasteiger partial charge in [0.15, 0.2) is 18.0 Å². The zero-order valence-electron chi connectivity index (χ0n) is 10.2. The van der Waals surface area contributed by atoms with E-state index in [-0.39, 0.29) is 5.82 Å². The molecule has 0 aromatic carbocycles. The lowest BCUT2D eigenvalue weighted by molar-refractivity contribution is -0.145. The first-order valence-electron chi connectivity index (χ1n) is 5.69. The number of hydrogen-bond acceptors (Lipinski definition) is 5. The predicted octanol–water partition coefficient (Wildman–Crippen LogP) is -0.544. The van der Waals surface area contributed by atoms with Crippen LogP contribution in [0.15, 0.2) is 24.4 Å². The number of halogens is 3. The number of aliphatic hydroxyl groups excluding tert-OH is 2. The van der Waals surface area contributed by atoms with E-state index >= 15 is 0 Å². The second kappa shape index (κ2) is 5.08. The molecule has 1 fully saturated rings. The van der Waals surface area contributed by atoms with Gasteiger partial charge in [-0.05, 0) is 0 Å². The number of carbonyl (C=O) groups is 1. The van der Waals surface area contributed by atoms with Gasteiger partial charge in [0.05, 0.1) is 6.61 Å². The molecule has 0 radical (unpaired) electrons. The van der Waals surface area contributed by atoms with Gasteiger partial charge < -0.3 is 25.2 Å². The van der Waals surface area contributed by atoms with Gasteiger partial charge in [0.1, 0.15) is 18.6 Å². The molecule has 0 spiro atoms. The average molecular weight is 294 g/mol. The van der Waals surface area contributed by atoms with E-state index in [0.29, 0.717) is 6.20 Å². The molecule has 2 rings (SSSR count). The van der Waals surface area contributed by atoms with Gasteiger partial charge in [0.2, 0.25) is 5.83 Å². The van der Waals surface area contributed by atoms with E-state index < -0.39 is 49.1 Å². The van der Waals surface area contributed by atoms with E-state index in [1.54, 1.807) is 0 Å². The molecule has 0 bridgehead atoms. The van der Waals surface area contributed by atoms with E-state index in [1.165, 1.54) is 0 Å². The van der Waals surface area contributed by atoms with Crippen molar-refractivity contribution >= 4 is 5.91 Å². The number of alkyl halides is 2. The second-order valence-corrected chi connectivity index (χ2v) is 4.54. The van der Waals surface area contributed by atoms with Crippen molar-refractivity contribution in [2.45, 2.75) is 24.1 Å². The van der Waals surface area contributed by atoms with Gasteiger partial charge >= 0.3 is 0 Å². The van der Waals surface area contributed by atoms with Crippen LogP contribution in [0.5, 0.6) is 0 Å². The molecule has 2 heterocycles. The lowest BCUT2D eigenvalue weighted by Gasteiger charge is -2.33. The number of ether oxygens (including phenoxy) is 1. The number of hydrogen-bond donors (Lipinski definition) is 3. The highest BCUT2D eigenvalue weighted by Crippen LogP contribution is 2.37. The van der Waals surface area contributed by atoms with E-state index in [4.69, 9.17) is 9.84 Å². The molecular formula is C11H13F3N2O4. The Kier molecular flexibility index (Phi) is 3.76. The summed E-state index contributed by atoms with van der Waals surface area (Å²) in [6.45, 7) is 1.09. The summed E-state index contributed by atoms with van der Waals surface area (Å²) in [4.78, 5) is 11.8. The van der Waals surface area contributed by atoms with Crippen molar-refractivity contribution in [2.24, 2.45) is 0 Å². The van der Waals surface area contributed by atoms with Crippen LogP contribution in [0.3, 0.4) is 0 Å². The summed E-state index contributed by atoms with van der Waals surface area (Å²) in [5, 5.41) is 20.8. The summed E-state index contributed by atoms with van der Waals surface area (Å²) < 4.78 is 45.2. The van der Waals surface area contributed by atoms with Gasteiger partial charge in [-0.15, -0.1) is 0 Å². The van der Waals surface area contributed by atoms with E-state index in [2.05, 4.69) is 6.58 Å². The Bertz CT molecular complexity index is 467. The molecule has 0 aromatic rings. The fourth-order valence-electron chi connectivity index (χ4n) is 2.06. The SMILES string of the molecule is C=C1NC(=O)C(F)=CN1[C@@H]1O[C@@](CO)(CF)[C@@H](O)[C@H]1F.